The number of nitrogens with zero attached hydrogens (tertiary/aromatic N) is 2. The maximum Gasteiger partial charge on any atom is 1.00 e. The van der Waals surface area contributed by atoms with Crippen molar-refractivity contribution in [3.63, 3.8) is 0 Å². The van der Waals surface area contributed by atoms with Gasteiger partial charge in [0.25, 0.3) is 0 Å². The van der Waals surface area contributed by atoms with Gasteiger partial charge in [-0.3, -0.25) is 9.59 Å². The quantitative estimate of drug-likeness (QED) is 0.531. The Labute approximate surface area is 140 Å². The Morgan fingerprint density at radius 3 is 2.06 bits per heavy atom. The van der Waals surface area contributed by atoms with Crippen LogP contribution in [0.5, 0.6) is 0 Å². The average Bonchev–Trinajstić information content (AvgIpc) is 2.11. The fraction of sp³-hybridized carbons (Fsp3) is 0.750. The number of hydrogen-bond donors (Lipinski definition) is 0. The average molecular weight is 276 g/mol. The Kier molecular flexibility index (Phi) is 7.31. The molecule has 0 bridgehead atoms. The molecule has 4 nitrogen and oxygen atoms in total. The summed E-state index contributed by atoms with van der Waals surface area (Å²) < 4.78 is 36.4. The molecule has 0 aromatic rings. The van der Waals surface area contributed by atoms with Gasteiger partial charge in [-0.1, -0.05) is 6.92 Å². The first-order valence-corrected chi connectivity index (χ1v) is 5.10. The molecular formula is C8H13BF3KN2O2. The molecule has 17 heavy (non-hydrogen) atoms. The summed E-state index contributed by atoms with van der Waals surface area (Å²) in [6.45, 7) is -3.52. The van der Waals surface area contributed by atoms with E-state index in [1.807, 2.05) is 6.92 Å². The molecule has 0 N–H and O–H groups in total. The van der Waals surface area contributed by atoms with Crippen molar-refractivity contribution in [2.24, 2.45) is 0 Å². The van der Waals surface area contributed by atoms with Gasteiger partial charge in [0, 0.05) is 6.54 Å². The van der Waals surface area contributed by atoms with Crippen LogP contribution in [-0.4, -0.2) is 54.7 Å². The van der Waals surface area contributed by atoms with Crippen molar-refractivity contribution in [3.8, 4) is 0 Å². The van der Waals surface area contributed by atoms with Crippen molar-refractivity contribution in [2.45, 2.75) is 13.3 Å². The maximum absolute atomic E-state index is 12.1. The number of hydrogen-bond acceptors (Lipinski definition) is 2. The fourth-order valence-corrected chi connectivity index (χ4v) is 1.59. The third-order valence-electron chi connectivity index (χ3n) is 2.28. The number of rotatable bonds is 4. The Balaban J connectivity index is 0.00000256. The van der Waals surface area contributed by atoms with Gasteiger partial charge < -0.3 is 22.7 Å². The van der Waals surface area contributed by atoms with Crippen LogP contribution < -0.4 is 51.4 Å². The smallest absolute Gasteiger partial charge is 0.448 e. The van der Waals surface area contributed by atoms with Crippen LogP contribution >= 0.6 is 0 Å². The first kappa shape index (κ1) is 17.4. The number of carbonyl (C=O) groups excluding carboxylic acids is 2. The Bertz CT molecular complexity index is 301. The van der Waals surface area contributed by atoms with Crippen LogP contribution in [0.25, 0.3) is 0 Å². The monoisotopic (exact) mass is 276 g/mol. The molecular weight excluding hydrogens is 263 g/mol. The molecule has 0 radical (unpaired) electrons. The van der Waals surface area contributed by atoms with Crippen molar-refractivity contribution in [2.75, 3.05) is 26.1 Å². The van der Waals surface area contributed by atoms with E-state index in [9.17, 15) is 22.5 Å². The van der Waals surface area contributed by atoms with Gasteiger partial charge in [0.15, 0.2) is 0 Å². The Morgan fingerprint density at radius 1 is 1.12 bits per heavy atom. The van der Waals surface area contributed by atoms with E-state index in [1.54, 1.807) is 0 Å². The SMILES string of the molecule is CCCN1CC(=O)N(C[B-](F)(F)F)CC1=O.[K+]. The van der Waals surface area contributed by atoms with E-state index in [0.29, 0.717) is 17.9 Å². The van der Waals surface area contributed by atoms with Crippen molar-refractivity contribution in [3.05, 3.63) is 0 Å². The van der Waals surface area contributed by atoms with E-state index < -0.39 is 31.8 Å². The zero-order valence-electron chi connectivity index (χ0n) is 9.96. The van der Waals surface area contributed by atoms with Gasteiger partial charge in [-0.05, 0) is 12.9 Å². The number of carbonyl (C=O) groups is 2. The molecule has 1 fully saturated rings. The summed E-state index contributed by atoms with van der Waals surface area (Å²) in [5.41, 5.74) is 0. The van der Waals surface area contributed by atoms with Crippen LogP contribution in [0.2, 0.25) is 0 Å². The Hall–Kier alpha value is 0.431. The number of piperazine rings is 1. The van der Waals surface area contributed by atoms with Crippen molar-refractivity contribution in [1.82, 2.24) is 9.80 Å². The van der Waals surface area contributed by atoms with Crippen molar-refractivity contribution in [1.29, 1.82) is 0 Å². The largest absolute Gasteiger partial charge is 1.00 e. The summed E-state index contributed by atoms with van der Waals surface area (Å²) in [6, 6.07) is 0. The minimum Gasteiger partial charge on any atom is -0.448 e. The molecule has 0 unspecified atom stereocenters. The molecule has 0 aromatic heterocycles. The molecule has 1 aliphatic rings. The van der Waals surface area contributed by atoms with Crippen molar-refractivity contribution < 1.29 is 73.9 Å². The Morgan fingerprint density at radius 2 is 1.59 bits per heavy atom. The van der Waals surface area contributed by atoms with E-state index in [1.165, 1.54) is 4.90 Å². The molecule has 1 aliphatic heterocycles. The maximum atomic E-state index is 12.1. The predicted octanol–water partition coefficient (Wildman–Crippen LogP) is -2.54. The van der Waals surface area contributed by atoms with Crippen LogP contribution in [0, 0.1) is 0 Å². The summed E-state index contributed by atoms with van der Waals surface area (Å²) in [4.78, 5) is 24.6. The second-order valence-electron chi connectivity index (χ2n) is 3.80. The molecule has 0 saturated carbocycles. The predicted molar refractivity (Wildman–Crippen MR) is 52.5 cm³/mol. The first-order chi connectivity index (χ1) is 7.33. The van der Waals surface area contributed by atoms with Gasteiger partial charge >= 0.3 is 58.4 Å². The van der Waals surface area contributed by atoms with Crippen LogP contribution in [0.1, 0.15) is 13.3 Å². The summed E-state index contributed by atoms with van der Waals surface area (Å²) in [6.07, 6.45) is -0.604. The third kappa shape index (κ3) is 5.73. The van der Waals surface area contributed by atoms with E-state index in [0.717, 1.165) is 0 Å². The van der Waals surface area contributed by atoms with Crippen molar-refractivity contribution >= 4 is 18.8 Å². The van der Waals surface area contributed by atoms with Crippen LogP contribution in [0.4, 0.5) is 12.9 Å². The summed E-state index contributed by atoms with van der Waals surface area (Å²) >= 11 is 0. The van der Waals surface area contributed by atoms with Gasteiger partial charge in [-0.2, -0.15) is 0 Å². The molecule has 1 rings (SSSR count). The molecule has 2 amide bonds. The van der Waals surface area contributed by atoms with Gasteiger partial charge in [0.05, 0.1) is 13.1 Å². The number of halogens is 3. The van der Waals surface area contributed by atoms with E-state index in [2.05, 4.69) is 0 Å². The van der Waals surface area contributed by atoms with E-state index in [-0.39, 0.29) is 57.9 Å². The summed E-state index contributed by atoms with van der Waals surface area (Å²) in [7, 11) is 0. The van der Waals surface area contributed by atoms with Gasteiger partial charge in [-0.25, -0.2) is 0 Å². The molecule has 9 heteroatoms. The molecule has 1 saturated heterocycles. The van der Waals surface area contributed by atoms with Crippen LogP contribution in [0.15, 0.2) is 0 Å². The second-order valence-corrected chi connectivity index (χ2v) is 3.80. The normalized spacial score (nSPS) is 17.2. The fourth-order valence-electron chi connectivity index (χ4n) is 1.59. The third-order valence-corrected chi connectivity index (χ3v) is 2.28. The summed E-state index contributed by atoms with van der Waals surface area (Å²) in [5.74, 6) is -1.05. The van der Waals surface area contributed by atoms with Crippen LogP contribution in [-0.2, 0) is 9.59 Å². The van der Waals surface area contributed by atoms with E-state index in [4.69, 9.17) is 0 Å². The molecule has 0 spiro atoms. The van der Waals surface area contributed by atoms with Gasteiger partial charge in [-0.15, -0.1) is 0 Å². The molecule has 0 atom stereocenters. The molecule has 0 aliphatic carbocycles. The zero-order chi connectivity index (χ0) is 12.3. The van der Waals surface area contributed by atoms with Gasteiger partial charge in [0.1, 0.15) is 0 Å². The minimum atomic E-state index is -5.07. The second kappa shape index (κ2) is 7.13. The first-order valence-electron chi connectivity index (χ1n) is 5.10. The zero-order valence-corrected chi connectivity index (χ0v) is 13.1. The standard InChI is InChI=1S/C8H13BF3N2O2.K/c1-2-3-13-4-8(16)14(5-7(13)15)6-9(10,11)12;/h2-6H2,1H3;/q-1;+1. The van der Waals surface area contributed by atoms with Gasteiger partial charge in [0.2, 0.25) is 11.8 Å². The molecule has 92 valence electrons. The molecule has 0 aromatic carbocycles. The minimum absolute atomic E-state index is 0. The summed E-state index contributed by atoms with van der Waals surface area (Å²) in [5, 5.41) is 0. The van der Waals surface area contributed by atoms with Crippen LogP contribution in [0.3, 0.4) is 0 Å². The van der Waals surface area contributed by atoms with E-state index >= 15 is 0 Å². The molecule has 1 heterocycles. The topological polar surface area (TPSA) is 40.6 Å². The number of amides is 2.